The van der Waals surface area contributed by atoms with Crippen molar-refractivity contribution in [2.24, 2.45) is 0 Å². The van der Waals surface area contributed by atoms with E-state index in [0.717, 1.165) is 12.8 Å². The van der Waals surface area contributed by atoms with Gasteiger partial charge in [0.25, 0.3) is 0 Å². The van der Waals surface area contributed by atoms with E-state index in [4.69, 9.17) is 4.74 Å². The zero-order valence-electron chi connectivity index (χ0n) is 5.94. The highest BCUT2D eigenvalue weighted by Gasteiger charge is 1.93. The minimum absolute atomic E-state index is 0.282. The number of ether oxygens (including phenoxy) is 1. The van der Waals surface area contributed by atoms with Crippen LogP contribution >= 0.6 is 0 Å². The molecule has 0 rings (SSSR count). The maximum Gasteiger partial charge on any atom is 0.398 e. The molecule has 0 aliphatic carbocycles. The first-order chi connectivity index (χ1) is 4.31. The molecule has 0 bridgehead atoms. The Morgan fingerprint density at radius 3 is 2.89 bits per heavy atom. The van der Waals surface area contributed by atoms with Crippen LogP contribution in [-0.4, -0.2) is 23.1 Å². The molecule has 1 N–H and O–H groups in total. The number of carbonyl (C=O) groups excluding carboxylic acids is 1. The number of unbranched alkanes of at least 4 members (excludes halogenated alkanes) is 1. The van der Waals surface area contributed by atoms with Gasteiger partial charge >= 0.3 is 6.09 Å². The molecule has 0 aliphatic rings. The van der Waals surface area contributed by atoms with E-state index < -0.39 is 0 Å². The van der Waals surface area contributed by atoms with Crippen molar-refractivity contribution in [2.75, 3.05) is 6.61 Å². The van der Waals surface area contributed by atoms with Gasteiger partial charge in [-0.2, -0.15) is 0 Å². The highest BCUT2D eigenvalue weighted by Crippen LogP contribution is 1.86. The number of nitrogens with one attached hydrogen (secondary N) is 1. The predicted molar refractivity (Wildman–Crippen MR) is 39.3 cm³/mol. The summed E-state index contributed by atoms with van der Waals surface area (Å²) >= 11 is 0. The fraction of sp³-hybridized carbons (Fsp3) is 0.800. The SMILES string of the molecule is CCCCOC(=O)N[SiH3]. The van der Waals surface area contributed by atoms with E-state index in [9.17, 15) is 4.79 Å². The Hall–Kier alpha value is -0.513. The van der Waals surface area contributed by atoms with E-state index in [0.29, 0.717) is 17.0 Å². The molecular formula is C5H13NO2Si. The lowest BCUT2D eigenvalue weighted by molar-refractivity contribution is 0.151. The molecule has 1 amide bonds. The van der Waals surface area contributed by atoms with Gasteiger partial charge < -0.3 is 9.72 Å². The fourth-order valence-electron chi connectivity index (χ4n) is 0.381. The first-order valence-electron chi connectivity index (χ1n) is 3.15. The Labute approximate surface area is 58.3 Å². The molecule has 4 heteroatoms. The van der Waals surface area contributed by atoms with Crippen LogP contribution in [0.5, 0.6) is 0 Å². The van der Waals surface area contributed by atoms with Gasteiger partial charge in [0.2, 0.25) is 0 Å². The van der Waals surface area contributed by atoms with Gasteiger partial charge in [0.05, 0.1) is 6.61 Å². The molecule has 9 heavy (non-hydrogen) atoms. The Morgan fingerprint density at radius 2 is 2.44 bits per heavy atom. The second kappa shape index (κ2) is 5.62. The second-order valence-corrected chi connectivity index (χ2v) is 2.24. The molecule has 0 saturated carbocycles. The number of hydrogen-bond acceptors (Lipinski definition) is 2. The summed E-state index contributed by atoms with van der Waals surface area (Å²) < 4.78 is 4.72. The first-order valence-corrected chi connectivity index (χ1v) is 4.15. The summed E-state index contributed by atoms with van der Waals surface area (Å²) in [6, 6.07) is 0. The summed E-state index contributed by atoms with van der Waals surface area (Å²) in [4.78, 5) is 12.9. The predicted octanol–water partition coefficient (Wildman–Crippen LogP) is -0.207. The molecular weight excluding hydrogens is 134 g/mol. The van der Waals surface area contributed by atoms with Crippen LogP contribution < -0.4 is 4.98 Å². The van der Waals surface area contributed by atoms with Crippen LogP contribution in [0.2, 0.25) is 0 Å². The van der Waals surface area contributed by atoms with Crippen molar-refractivity contribution in [3.8, 4) is 0 Å². The topological polar surface area (TPSA) is 38.3 Å². The van der Waals surface area contributed by atoms with E-state index >= 15 is 0 Å². The van der Waals surface area contributed by atoms with Gasteiger partial charge in [0, 0.05) is 0 Å². The molecule has 0 spiro atoms. The molecule has 0 radical (unpaired) electrons. The number of carbonyl (C=O) groups is 1. The third-order valence-electron chi connectivity index (χ3n) is 0.935. The van der Waals surface area contributed by atoms with Crippen LogP contribution in [0.15, 0.2) is 0 Å². The van der Waals surface area contributed by atoms with Gasteiger partial charge in [-0.3, -0.25) is 0 Å². The van der Waals surface area contributed by atoms with Gasteiger partial charge in [-0.1, -0.05) is 13.3 Å². The van der Waals surface area contributed by atoms with Crippen molar-refractivity contribution >= 4 is 16.5 Å². The van der Waals surface area contributed by atoms with Crippen molar-refractivity contribution in [3.05, 3.63) is 0 Å². The largest absolute Gasteiger partial charge is 0.450 e. The van der Waals surface area contributed by atoms with E-state index in [-0.39, 0.29) is 6.09 Å². The molecule has 0 unspecified atom stereocenters. The summed E-state index contributed by atoms with van der Waals surface area (Å²) in [5, 5.41) is 0. The standard InChI is InChI=1S/C5H13NO2Si/c1-2-3-4-8-5(7)6-9/h2-4H2,1,9H3,(H,6,7). The Kier molecular flexibility index (Phi) is 5.30. The van der Waals surface area contributed by atoms with Gasteiger partial charge in [-0.15, -0.1) is 0 Å². The normalized spacial score (nSPS) is 9.00. The van der Waals surface area contributed by atoms with Crippen LogP contribution in [0.3, 0.4) is 0 Å². The summed E-state index contributed by atoms with van der Waals surface area (Å²) in [7, 11) is 0.667. The van der Waals surface area contributed by atoms with E-state index in [1.807, 2.05) is 0 Å². The number of amides is 1. The highest BCUT2D eigenvalue weighted by molar-refractivity contribution is 6.12. The molecule has 0 aromatic carbocycles. The smallest absolute Gasteiger partial charge is 0.398 e. The molecule has 0 saturated heterocycles. The number of rotatable bonds is 3. The van der Waals surface area contributed by atoms with Crippen molar-refractivity contribution < 1.29 is 9.53 Å². The molecule has 0 atom stereocenters. The minimum atomic E-state index is -0.282. The molecule has 3 nitrogen and oxygen atoms in total. The lowest BCUT2D eigenvalue weighted by Crippen LogP contribution is -2.21. The minimum Gasteiger partial charge on any atom is -0.450 e. The Balaban J connectivity index is 2.97. The molecule has 0 aliphatic heterocycles. The summed E-state index contributed by atoms with van der Waals surface area (Å²) in [5.74, 6) is 0. The van der Waals surface area contributed by atoms with Crippen LogP contribution in [0.1, 0.15) is 19.8 Å². The summed E-state index contributed by atoms with van der Waals surface area (Å²) in [6.07, 6.45) is 1.73. The van der Waals surface area contributed by atoms with Gasteiger partial charge in [0.15, 0.2) is 0 Å². The average Bonchev–Trinajstić information content (AvgIpc) is 1.89. The average molecular weight is 147 g/mol. The van der Waals surface area contributed by atoms with Crippen molar-refractivity contribution in [1.82, 2.24) is 4.98 Å². The second-order valence-electron chi connectivity index (χ2n) is 1.74. The quantitative estimate of drug-likeness (QED) is 0.443. The summed E-state index contributed by atoms with van der Waals surface area (Å²) in [5.41, 5.74) is 0. The third kappa shape index (κ3) is 5.36. The van der Waals surface area contributed by atoms with Crippen LogP contribution in [0, 0.1) is 0 Å². The van der Waals surface area contributed by atoms with Crippen molar-refractivity contribution in [1.29, 1.82) is 0 Å². The van der Waals surface area contributed by atoms with E-state index in [1.54, 1.807) is 0 Å². The van der Waals surface area contributed by atoms with Gasteiger partial charge in [-0.05, 0) is 6.42 Å². The van der Waals surface area contributed by atoms with Crippen molar-refractivity contribution in [2.45, 2.75) is 19.8 Å². The number of hydrogen-bond donors (Lipinski definition) is 1. The lowest BCUT2D eigenvalue weighted by Gasteiger charge is -2.00. The maximum absolute atomic E-state index is 10.4. The van der Waals surface area contributed by atoms with E-state index in [2.05, 4.69) is 11.9 Å². The van der Waals surface area contributed by atoms with Crippen LogP contribution in [0.4, 0.5) is 4.79 Å². The third-order valence-corrected chi connectivity index (χ3v) is 1.34. The zero-order valence-corrected chi connectivity index (χ0v) is 7.94. The van der Waals surface area contributed by atoms with Crippen LogP contribution in [0.25, 0.3) is 0 Å². The maximum atomic E-state index is 10.4. The molecule has 0 fully saturated rings. The Morgan fingerprint density at radius 1 is 1.78 bits per heavy atom. The lowest BCUT2D eigenvalue weighted by atomic mass is 10.4. The fourth-order valence-corrected chi connectivity index (χ4v) is 0.526. The Bertz CT molecular complexity index is 87.0. The highest BCUT2D eigenvalue weighted by atomic mass is 28.2. The van der Waals surface area contributed by atoms with Crippen molar-refractivity contribution in [3.63, 3.8) is 0 Å². The van der Waals surface area contributed by atoms with E-state index in [1.165, 1.54) is 0 Å². The van der Waals surface area contributed by atoms with Gasteiger partial charge in [0.1, 0.15) is 10.4 Å². The molecule has 54 valence electrons. The molecule has 0 heterocycles. The van der Waals surface area contributed by atoms with Gasteiger partial charge in [-0.25, -0.2) is 4.79 Å². The molecule has 0 aromatic heterocycles. The zero-order chi connectivity index (χ0) is 7.11. The van der Waals surface area contributed by atoms with Crippen LogP contribution in [-0.2, 0) is 4.74 Å². The summed E-state index contributed by atoms with van der Waals surface area (Å²) in [6.45, 7) is 2.60. The molecule has 0 aromatic rings. The first kappa shape index (κ1) is 8.49. The monoisotopic (exact) mass is 147 g/mol.